The Labute approximate surface area is 138 Å². The van der Waals surface area contributed by atoms with E-state index in [1.807, 2.05) is 19.1 Å². The summed E-state index contributed by atoms with van der Waals surface area (Å²) in [5.74, 6) is 1.31. The number of thiocarbonyl (C=S) groups is 1. The number of hydrogen-bond donors (Lipinski definition) is 2. The lowest BCUT2D eigenvalue weighted by molar-refractivity contribution is 0.309. The molecule has 7 heteroatoms. The van der Waals surface area contributed by atoms with Crippen molar-refractivity contribution in [3.05, 3.63) is 34.8 Å². The highest BCUT2D eigenvalue weighted by Crippen LogP contribution is 2.36. The Hall–Kier alpha value is -1.60. The lowest BCUT2D eigenvalue weighted by atomic mass is 10.2. The quantitative estimate of drug-likeness (QED) is 0.334. The summed E-state index contributed by atoms with van der Waals surface area (Å²) < 4.78 is 11.6. The molecule has 1 aromatic carbocycles. The fourth-order valence-corrected chi connectivity index (χ4v) is 2.18. The number of hydrogen-bond acceptors (Lipinski definition) is 4. The summed E-state index contributed by atoms with van der Waals surface area (Å²) in [6.45, 7) is 6.66. The standard InChI is InChI=1S/C14H18BrN3O2S/c1-4-6-16-14(21)18-17-9-10-7-11(15)13(20-5-2)12(8-10)19-3/h4,7-9H,1,5-6H2,2-3H3,(H2,16,18,21)/b17-9+. The molecule has 0 saturated heterocycles. The highest BCUT2D eigenvalue weighted by molar-refractivity contribution is 9.10. The molecule has 21 heavy (non-hydrogen) atoms. The zero-order valence-corrected chi connectivity index (χ0v) is 14.4. The molecule has 0 aromatic heterocycles. The summed E-state index contributed by atoms with van der Waals surface area (Å²) in [5, 5.41) is 7.40. The van der Waals surface area contributed by atoms with Gasteiger partial charge in [-0.15, -0.1) is 6.58 Å². The van der Waals surface area contributed by atoms with E-state index in [4.69, 9.17) is 21.7 Å². The van der Waals surface area contributed by atoms with Crippen molar-refractivity contribution < 1.29 is 9.47 Å². The smallest absolute Gasteiger partial charge is 0.187 e. The van der Waals surface area contributed by atoms with Gasteiger partial charge in [-0.2, -0.15) is 5.10 Å². The van der Waals surface area contributed by atoms with Crippen LogP contribution < -0.4 is 20.2 Å². The molecule has 0 aliphatic carbocycles. The van der Waals surface area contributed by atoms with Gasteiger partial charge in [0, 0.05) is 6.54 Å². The number of nitrogens with one attached hydrogen (secondary N) is 2. The van der Waals surface area contributed by atoms with Crippen LogP contribution in [0.2, 0.25) is 0 Å². The number of halogens is 1. The summed E-state index contributed by atoms with van der Waals surface area (Å²) in [5.41, 5.74) is 3.57. The van der Waals surface area contributed by atoms with Crippen LogP contribution in [0.15, 0.2) is 34.4 Å². The predicted octanol–water partition coefficient (Wildman–Crippen LogP) is 2.84. The Balaban J connectivity index is 2.77. The Morgan fingerprint density at radius 1 is 1.52 bits per heavy atom. The molecule has 1 aromatic rings. The van der Waals surface area contributed by atoms with E-state index < -0.39 is 0 Å². The Kier molecular flexibility index (Phi) is 7.78. The van der Waals surface area contributed by atoms with Crippen LogP contribution in [0.1, 0.15) is 12.5 Å². The molecule has 0 radical (unpaired) electrons. The monoisotopic (exact) mass is 371 g/mol. The van der Waals surface area contributed by atoms with Crippen LogP contribution in [0.25, 0.3) is 0 Å². The lowest BCUT2D eigenvalue weighted by Crippen LogP contribution is -2.31. The molecular formula is C14H18BrN3O2S. The molecule has 0 aliphatic heterocycles. The van der Waals surface area contributed by atoms with E-state index in [0.717, 1.165) is 10.0 Å². The Morgan fingerprint density at radius 3 is 2.90 bits per heavy atom. The van der Waals surface area contributed by atoms with Crippen LogP contribution in [0.5, 0.6) is 11.5 Å². The van der Waals surface area contributed by atoms with E-state index in [0.29, 0.717) is 29.8 Å². The van der Waals surface area contributed by atoms with Crippen molar-refractivity contribution in [2.45, 2.75) is 6.92 Å². The Bertz CT molecular complexity index is 535. The molecule has 0 saturated carbocycles. The van der Waals surface area contributed by atoms with E-state index in [1.54, 1.807) is 19.4 Å². The van der Waals surface area contributed by atoms with Crippen molar-refractivity contribution in [3.8, 4) is 11.5 Å². The van der Waals surface area contributed by atoms with Gasteiger partial charge in [0.1, 0.15) is 0 Å². The van der Waals surface area contributed by atoms with Gasteiger partial charge in [0.05, 0.1) is 24.4 Å². The first kappa shape index (κ1) is 17.5. The normalized spacial score (nSPS) is 10.2. The zero-order chi connectivity index (χ0) is 15.7. The van der Waals surface area contributed by atoms with Gasteiger partial charge in [-0.25, -0.2) is 0 Å². The third-order valence-corrected chi connectivity index (χ3v) is 3.15. The first-order valence-corrected chi connectivity index (χ1v) is 7.50. The fourth-order valence-electron chi connectivity index (χ4n) is 1.47. The van der Waals surface area contributed by atoms with E-state index >= 15 is 0 Å². The van der Waals surface area contributed by atoms with Gasteiger partial charge in [-0.3, -0.25) is 5.43 Å². The van der Waals surface area contributed by atoms with Gasteiger partial charge in [-0.05, 0) is 52.8 Å². The summed E-state index contributed by atoms with van der Waals surface area (Å²) in [6, 6.07) is 3.72. The summed E-state index contributed by atoms with van der Waals surface area (Å²) >= 11 is 8.49. The minimum atomic E-state index is 0.433. The van der Waals surface area contributed by atoms with Crippen molar-refractivity contribution in [3.63, 3.8) is 0 Å². The van der Waals surface area contributed by atoms with Crippen LogP contribution in [-0.2, 0) is 0 Å². The first-order valence-electron chi connectivity index (χ1n) is 6.30. The number of nitrogens with zero attached hydrogens (tertiary/aromatic N) is 1. The van der Waals surface area contributed by atoms with E-state index in [2.05, 4.69) is 38.4 Å². The maximum absolute atomic E-state index is 5.53. The number of rotatable bonds is 7. The number of methoxy groups -OCH3 is 1. The average molecular weight is 372 g/mol. The van der Waals surface area contributed by atoms with Crippen LogP contribution >= 0.6 is 28.1 Å². The summed E-state index contributed by atoms with van der Waals surface area (Å²) in [7, 11) is 1.60. The highest BCUT2D eigenvalue weighted by atomic mass is 79.9. The highest BCUT2D eigenvalue weighted by Gasteiger charge is 2.10. The van der Waals surface area contributed by atoms with E-state index in [1.165, 1.54) is 0 Å². The second-order valence-electron chi connectivity index (χ2n) is 3.84. The molecule has 0 amide bonds. The lowest BCUT2D eigenvalue weighted by Gasteiger charge is -2.12. The zero-order valence-electron chi connectivity index (χ0n) is 12.0. The van der Waals surface area contributed by atoms with Gasteiger partial charge in [0.15, 0.2) is 16.6 Å². The molecule has 0 fully saturated rings. The van der Waals surface area contributed by atoms with Crippen LogP contribution in [0.4, 0.5) is 0 Å². The average Bonchev–Trinajstić information content (AvgIpc) is 2.47. The molecule has 0 atom stereocenters. The largest absolute Gasteiger partial charge is 0.493 e. The van der Waals surface area contributed by atoms with Gasteiger partial charge in [0.2, 0.25) is 0 Å². The van der Waals surface area contributed by atoms with Gasteiger partial charge < -0.3 is 14.8 Å². The maximum atomic E-state index is 5.53. The maximum Gasteiger partial charge on any atom is 0.187 e. The fraction of sp³-hybridized carbons (Fsp3) is 0.286. The van der Waals surface area contributed by atoms with Crippen LogP contribution in [0.3, 0.4) is 0 Å². The topological polar surface area (TPSA) is 54.9 Å². The van der Waals surface area contributed by atoms with Gasteiger partial charge >= 0.3 is 0 Å². The minimum absolute atomic E-state index is 0.433. The van der Waals surface area contributed by atoms with Crippen molar-refractivity contribution in [1.82, 2.24) is 10.7 Å². The van der Waals surface area contributed by atoms with E-state index in [9.17, 15) is 0 Å². The molecule has 0 heterocycles. The molecule has 114 valence electrons. The molecule has 2 N–H and O–H groups in total. The molecule has 0 unspecified atom stereocenters. The molecule has 0 bridgehead atoms. The van der Waals surface area contributed by atoms with Gasteiger partial charge in [0.25, 0.3) is 0 Å². The third-order valence-electron chi connectivity index (χ3n) is 2.33. The summed E-state index contributed by atoms with van der Waals surface area (Å²) in [4.78, 5) is 0. The van der Waals surface area contributed by atoms with Crippen molar-refractivity contribution >= 4 is 39.5 Å². The first-order chi connectivity index (χ1) is 10.1. The molecule has 5 nitrogen and oxygen atoms in total. The molecule has 0 aliphatic rings. The number of benzene rings is 1. The molecule has 0 spiro atoms. The van der Waals surface area contributed by atoms with Crippen molar-refractivity contribution in [1.29, 1.82) is 0 Å². The van der Waals surface area contributed by atoms with Gasteiger partial charge in [-0.1, -0.05) is 6.08 Å². The van der Waals surface area contributed by atoms with Crippen molar-refractivity contribution in [2.24, 2.45) is 5.10 Å². The molecule has 1 rings (SSSR count). The minimum Gasteiger partial charge on any atom is -0.493 e. The third kappa shape index (κ3) is 5.73. The Morgan fingerprint density at radius 2 is 2.29 bits per heavy atom. The SMILES string of the molecule is C=CCNC(=S)N/N=C/c1cc(Br)c(OCC)c(OC)c1. The van der Waals surface area contributed by atoms with Crippen LogP contribution in [0, 0.1) is 0 Å². The van der Waals surface area contributed by atoms with Crippen LogP contribution in [-0.4, -0.2) is 31.6 Å². The number of ether oxygens (including phenoxy) is 2. The number of hydrazone groups is 1. The van der Waals surface area contributed by atoms with E-state index in [-0.39, 0.29) is 0 Å². The summed E-state index contributed by atoms with van der Waals surface area (Å²) in [6.07, 6.45) is 3.36. The predicted molar refractivity (Wildman–Crippen MR) is 93.4 cm³/mol. The van der Waals surface area contributed by atoms with Crippen molar-refractivity contribution in [2.75, 3.05) is 20.3 Å². The second-order valence-corrected chi connectivity index (χ2v) is 5.10. The molecular weight excluding hydrogens is 354 g/mol. The second kappa shape index (κ2) is 9.36.